The molecule has 7 heteroatoms. The summed E-state index contributed by atoms with van der Waals surface area (Å²) in [5.41, 5.74) is 4.40. The molecule has 0 saturated carbocycles. The van der Waals surface area contributed by atoms with Crippen LogP contribution in [0.5, 0.6) is 0 Å². The van der Waals surface area contributed by atoms with Crippen molar-refractivity contribution in [1.29, 1.82) is 0 Å². The van der Waals surface area contributed by atoms with Crippen LogP contribution in [0.15, 0.2) is 37.1 Å². The number of nitrogens with zero attached hydrogens (tertiary/aromatic N) is 6. The van der Waals surface area contributed by atoms with Gasteiger partial charge in [0.15, 0.2) is 5.65 Å². The highest BCUT2D eigenvalue weighted by molar-refractivity contribution is 6.05. The predicted molar refractivity (Wildman–Crippen MR) is 95.2 cm³/mol. The molecule has 7 nitrogen and oxygen atoms in total. The van der Waals surface area contributed by atoms with E-state index < -0.39 is 0 Å². The monoisotopic (exact) mass is 321 g/mol. The lowest BCUT2D eigenvalue weighted by Crippen LogP contribution is -2.16. The first-order valence-corrected chi connectivity index (χ1v) is 7.98. The molecule has 0 bridgehead atoms. The van der Waals surface area contributed by atoms with Gasteiger partial charge in [0.05, 0.1) is 11.2 Å². The van der Waals surface area contributed by atoms with E-state index in [1.54, 1.807) is 18.7 Å². The second-order valence-electron chi connectivity index (χ2n) is 6.06. The zero-order valence-corrected chi connectivity index (χ0v) is 13.8. The molecule has 0 aliphatic heterocycles. The Kier molecular flexibility index (Phi) is 3.70. The lowest BCUT2D eigenvalue weighted by Gasteiger charge is -2.12. The van der Waals surface area contributed by atoms with E-state index in [-0.39, 0.29) is 0 Å². The van der Waals surface area contributed by atoms with Crippen LogP contribution in [0.2, 0.25) is 0 Å². The van der Waals surface area contributed by atoms with Crippen LogP contribution < -0.4 is 5.32 Å². The first-order valence-electron chi connectivity index (χ1n) is 7.98. The fourth-order valence-electron chi connectivity index (χ4n) is 2.87. The van der Waals surface area contributed by atoms with Crippen LogP contribution in [0.25, 0.3) is 27.7 Å². The number of nitrogens with one attached hydrogen (secondary N) is 1. The molecule has 0 radical (unpaired) electrons. The third-order valence-corrected chi connectivity index (χ3v) is 4.02. The van der Waals surface area contributed by atoms with Crippen molar-refractivity contribution in [3.05, 3.63) is 37.1 Å². The molecule has 4 aromatic rings. The molecular weight excluding hydrogens is 302 g/mol. The highest BCUT2D eigenvalue weighted by Gasteiger charge is 2.14. The van der Waals surface area contributed by atoms with Gasteiger partial charge in [-0.2, -0.15) is 0 Å². The zero-order chi connectivity index (χ0) is 16.5. The summed E-state index contributed by atoms with van der Waals surface area (Å²) in [6, 6.07) is 3.82. The Morgan fingerprint density at radius 3 is 2.88 bits per heavy atom. The van der Waals surface area contributed by atoms with E-state index in [2.05, 4.69) is 34.3 Å². The van der Waals surface area contributed by atoms with Crippen LogP contribution in [0.1, 0.15) is 6.42 Å². The average molecular weight is 321 g/mol. The molecule has 0 unspecified atom stereocenters. The topological polar surface area (TPSA) is 71.2 Å². The minimum atomic E-state index is 0.812. The Balaban J connectivity index is 1.86. The van der Waals surface area contributed by atoms with Gasteiger partial charge in [-0.05, 0) is 39.2 Å². The molecule has 0 spiro atoms. The molecule has 0 aromatic carbocycles. The second kappa shape index (κ2) is 6.01. The normalized spacial score (nSPS) is 11.8. The van der Waals surface area contributed by atoms with Crippen molar-refractivity contribution in [3.8, 4) is 0 Å². The largest absolute Gasteiger partial charge is 0.383 e. The van der Waals surface area contributed by atoms with Crippen molar-refractivity contribution in [3.63, 3.8) is 0 Å². The van der Waals surface area contributed by atoms with Crippen molar-refractivity contribution < 1.29 is 0 Å². The Morgan fingerprint density at radius 1 is 1.12 bits per heavy atom. The number of imidazole rings is 1. The number of aromatic nitrogens is 5. The van der Waals surface area contributed by atoms with Crippen LogP contribution >= 0.6 is 0 Å². The van der Waals surface area contributed by atoms with Crippen molar-refractivity contribution >= 4 is 33.4 Å². The van der Waals surface area contributed by atoms with Crippen molar-refractivity contribution in [1.82, 2.24) is 29.2 Å². The van der Waals surface area contributed by atoms with Crippen LogP contribution in [-0.2, 0) is 0 Å². The van der Waals surface area contributed by atoms with Crippen molar-refractivity contribution in [2.24, 2.45) is 0 Å². The third kappa shape index (κ3) is 2.52. The molecule has 0 saturated heterocycles. The van der Waals surface area contributed by atoms with Crippen LogP contribution in [0, 0.1) is 0 Å². The first kappa shape index (κ1) is 14.8. The van der Waals surface area contributed by atoms with E-state index in [4.69, 9.17) is 9.97 Å². The standard InChI is InChI=1S/C17H19N7/c1-23(2)9-3-6-20-15-12-10-18-7-4-13(12)21-17-16(15)22-14-5-8-19-11-24(14)17/h4-5,7-8,10-11H,3,6,9H2,1-2H3,(H,20,21). The van der Waals surface area contributed by atoms with E-state index in [1.807, 2.05) is 22.7 Å². The van der Waals surface area contributed by atoms with Crippen LogP contribution in [-0.4, -0.2) is 56.4 Å². The number of hydrogen-bond donors (Lipinski definition) is 1. The molecule has 4 aromatic heterocycles. The number of anilines is 1. The van der Waals surface area contributed by atoms with Gasteiger partial charge >= 0.3 is 0 Å². The number of fused-ring (bicyclic) bond motifs is 4. The molecular formula is C17H19N7. The highest BCUT2D eigenvalue weighted by atomic mass is 15.1. The molecule has 0 amide bonds. The minimum Gasteiger partial charge on any atom is -0.383 e. The van der Waals surface area contributed by atoms with Crippen LogP contribution in [0.4, 0.5) is 5.69 Å². The molecule has 0 atom stereocenters. The molecule has 24 heavy (non-hydrogen) atoms. The zero-order valence-electron chi connectivity index (χ0n) is 13.8. The van der Waals surface area contributed by atoms with E-state index in [1.165, 1.54) is 0 Å². The second-order valence-corrected chi connectivity index (χ2v) is 6.06. The first-order chi connectivity index (χ1) is 11.7. The summed E-state index contributed by atoms with van der Waals surface area (Å²) >= 11 is 0. The maximum atomic E-state index is 4.76. The van der Waals surface area contributed by atoms with Gasteiger partial charge in [-0.25, -0.2) is 15.0 Å². The van der Waals surface area contributed by atoms with E-state index >= 15 is 0 Å². The van der Waals surface area contributed by atoms with E-state index in [9.17, 15) is 0 Å². The summed E-state index contributed by atoms with van der Waals surface area (Å²) < 4.78 is 1.92. The van der Waals surface area contributed by atoms with Gasteiger partial charge in [-0.15, -0.1) is 0 Å². The quantitative estimate of drug-likeness (QED) is 0.568. The fourth-order valence-corrected chi connectivity index (χ4v) is 2.87. The molecule has 1 N–H and O–H groups in total. The van der Waals surface area contributed by atoms with Gasteiger partial charge in [0.1, 0.15) is 17.5 Å². The maximum Gasteiger partial charge on any atom is 0.168 e. The summed E-state index contributed by atoms with van der Waals surface area (Å²) in [4.78, 5) is 20.1. The van der Waals surface area contributed by atoms with Gasteiger partial charge in [-0.3, -0.25) is 9.38 Å². The summed E-state index contributed by atoms with van der Waals surface area (Å²) in [6.07, 6.45) is 8.15. The molecule has 4 heterocycles. The van der Waals surface area contributed by atoms with Crippen molar-refractivity contribution in [2.45, 2.75) is 6.42 Å². The number of hydrogen-bond acceptors (Lipinski definition) is 6. The third-order valence-electron chi connectivity index (χ3n) is 4.02. The lowest BCUT2D eigenvalue weighted by molar-refractivity contribution is 0.405. The summed E-state index contributed by atoms with van der Waals surface area (Å²) in [6.45, 7) is 1.90. The van der Waals surface area contributed by atoms with E-state index in [0.717, 1.165) is 52.9 Å². The molecule has 0 aliphatic carbocycles. The smallest absolute Gasteiger partial charge is 0.168 e. The Morgan fingerprint density at radius 2 is 2.00 bits per heavy atom. The van der Waals surface area contributed by atoms with Gasteiger partial charge in [0, 0.05) is 30.5 Å². The number of rotatable bonds is 5. The Hall–Kier alpha value is -2.80. The highest BCUT2D eigenvalue weighted by Crippen LogP contribution is 2.30. The summed E-state index contributed by atoms with van der Waals surface area (Å²) in [5, 5.41) is 4.54. The van der Waals surface area contributed by atoms with Gasteiger partial charge in [0.25, 0.3) is 0 Å². The average Bonchev–Trinajstić information content (AvgIpc) is 2.96. The molecule has 0 aliphatic rings. The number of pyridine rings is 2. The molecule has 0 fully saturated rings. The Labute approximate surface area is 139 Å². The van der Waals surface area contributed by atoms with Crippen LogP contribution in [0.3, 0.4) is 0 Å². The van der Waals surface area contributed by atoms with Crippen molar-refractivity contribution in [2.75, 3.05) is 32.5 Å². The summed E-state index contributed by atoms with van der Waals surface area (Å²) in [5.74, 6) is 0. The Bertz CT molecular complexity index is 1010. The van der Waals surface area contributed by atoms with Gasteiger partial charge in [-0.1, -0.05) is 0 Å². The van der Waals surface area contributed by atoms with E-state index in [0.29, 0.717) is 0 Å². The van der Waals surface area contributed by atoms with Gasteiger partial charge in [0.2, 0.25) is 0 Å². The lowest BCUT2D eigenvalue weighted by atomic mass is 10.2. The summed E-state index contributed by atoms with van der Waals surface area (Å²) in [7, 11) is 4.16. The maximum absolute atomic E-state index is 4.76. The minimum absolute atomic E-state index is 0.812. The SMILES string of the molecule is CN(C)CCCNc1c2cnccc2nc2c1nc1ccncn12. The molecule has 4 rings (SSSR count). The fraction of sp³-hybridized carbons (Fsp3) is 0.294. The predicted octanol–water partition coefficient (Wildman–Crippen LogP) is 2.19. The molecule has 122 valence electrons. The van der Waals surface area contributed by atoms with Gasteiger partial charge < -0.3 is 10.2 Å².